The minimum absolute atomic E-state index is 0.365. The fraction of sp³-hybridized carbons (Fsp3) is 1.00. The van der Waals surface area contributed by atoms with Gasteiger partial charge in [-0.25, -0.2) is 0 Å². The van der Waals surface area contributed by atoms with Crippen molar-refractivity contribution in [2.45, 2.75) is 149 Å². The van der Waals surface area contributed by atoms with Crippen molar-refractivity contribution in [3.05, 3.63) is 0 Å². The van der Waals surface area contributed by atoms with Gasteiger partial charge in [-0.05, 0) is 24.7 Å². The van der Waals surface area contributed by atoms with E-state index in [9.17, 15) is 0 Å². The Morgan fingerprint density at radius 1 is 0.455 bits per heavy atom. The van der Waals surface area contributed by atoms with Crippen molar-refractivity contribution in [3.63, 3.8) is 0 Å². The summed E-state index contributed by atoms with van der Waals surface area (Å²) in [6.45, 7) is 10.6. The molecule has 0 fully saturated rings. The maximum absolute atomic E-state index is 8.17. The minimum Gasteiger partial charge on any atom is -0.394 e. The lowest BCUT2D eigenvalue weighted by molar-refractivity contribution is 0.0450. The Labute approximate surface area is 207 Å². The highest BCUT2D eigenvalue weighted by Gasteiger charge is 1.97. The highest BCUT2D eigenvalue weighted by atomic mass is 16.5. The van der Waals surface area contributed by atoms with Crippen molar-refractivity contribution < 1.29 is 20.1 Å². The second-order valence-electron chi connectivity index (χ2n) is 10.7. The summed E-state index contributed by atoms with van der Waals surface area (Å²) in [5, 5.41) is 24.0. The molecule has 202 valence electrons. The molecule has 0 bridgehead atoms. The molecule has 3 N–H and O–H groups in total. The Balaban J connectivity index is 0. The van der Waals surface area contributed by atoms with Gasteiger partial charge in [0.1, 0.15) is 6.10 Å². The Bertz CT molecular complexity index is 304. The van der Waals surface area contributed by atoms with Gasteiger partial charge in [-0.1, -0.05) is 130 Å². The summed E-state index contributed by atoms with van der Waals surface area (Å²) in [5.41, 5.74) is 0. The van der Waals surface area contributed by atoms with E-state index < -0.39 is 6.10 Å². The zero-order valence-corrected chi connectivity index (χ0v) is 23.0. The molecule has 4 nitrogen and oxygen atoms in total. The molecule has 0 rings (SSSR count). The van der Waals surface area contributed by atoms with Crippen molar-refractivity contribution in [1.29, 1.82) is 0 Å². The molecule has 0 aromatic rings. The van der Waals surface area contributed by atoms with Crippen molar-refractivity contribution in [2.24, 2.45) is 11.8 Å². The molecule has 0 saturated heterocycles. The van der Waals surface area contributed by atoms with Crippen LogP contribution in [-0.2, 0) is 4.74 Å². The van der Waals surface area contributed by atoms with E-state index in [1.54, 1.807) is 0 Å². The second kappa shape index (κ2) is 29.9. The normalized spacial score (nSPS) is 11.5. The van der Waals surface area contributed by atoms with E-state index in [-0.39, 0.29) is 13.2 Å². The Morgan fingerprint density at radius 3 is 0.970 bits per heavy atom. The molecule has 0 aromatic heterocycles. The first kappa shape index (κ1) is 35.0. The third-order valence-corrected chi connectivity index (χ3v) is 6.06. The highest BCUT2D eigenvalue weighted by molar-refractivity contribution is 4.51. The number of hydrogen-bond donors (Lipinski definition) is 3. The minimum atomic E-state index is -0.954. The van der Waals surface area contributed by atoms with Crippen molar-refractivity contribution >= 4 is 0 Å². The zero-order chi connectivity index (χ0) is 25.0. The molecule has 0 aromatic carbocycles. The van der Waals surface area contributed by atoms with Crippen LogP contribution in [0.4, 0.5) is 0 Å². The van der Waals surface area contributed by atoms with Gasteiger partial charge >= 0.3 is 0 Å². The molecule has 0 unspecified atom stereocenters. The third kappa shape index (κ3) is 36.6. The summed E-state index contributed by atoms with van der Waals surface area (Å²) in [7, 11) is 0. The van der Waals surface area contributed by atoms with Crippen molar-refractivity contribution in [1.82, 2.24) is 0 Å². The number of rotatable bonds is 24. The SMILES string of the molecule is CC(C)CCCCCCCCCCOCCCCCCCCCCC(C)C.OCC(O)CO. The molecule has 33 heavy (non-hydrogen) atoms. The van der Waals surface area contributed by atoms with E-state index in [0.29, 0.717) is 0 Å². The van der Waals surface area contributed by atoms with E-state index >= 15 is 0 Å². The van der Waals surface area contributed by atoms with Crippen LogP contribution >= 0.6 is 0 Å². The van der Waals surface area contributed by atoms with Crippen LogP contribution in [0.1, 0.15) is 143 Å². The third-order valence-electron chi connectivity index (χ3n) is 6.06. The number of unbranched alkanes of at least 4 members (excludes halogenated alkanes) is 14. The second-order valence-corrected chi connectivity index (χ2v) is 10.7. The number of aliphatic hydroxyl groups is 3. The topological polar surface area (TPSA) is 69.9 Å². The molecule has 0 heterocycles. The van der Waals surface area contributed by atoms with Gasteiger partial charge in [-0.2, -0.15) is 0 Å². The monoisotopic (exact) mass is 474 g/mol. The lowest BCUT2D eigenvalue weighted by Gasteiger charge is -2.06. The predicted molar refractivity (Wildman–Crippen MR) is 144 cm³/mol. The fourth-order valence-corrected chi connectivity index (χ4v) is 3.79. The molecule has 4 heteroatoms. The largest absolute Gasteiger partial charge is 0.394 e. The summed E-state index contributed by atoms with van der Waals surface area (Å²) in [6, 6.07) is 0. The first-order chi connectivity index (χ1) is 15.9. The van der Waals surface area contributed by atoms with Crippen LogP contribution in [0.25, 0.3) is 0 Å². The van der Waals surface area contributed by atoms with Gasteiger partial charge in [0.15, 0.2) is 0 Å². The van der Waals surface area contributed by atoms with E-state index in [1.165, 1.54) is 116 Å². The quantitative estimate of drug-likeness (QED) is 0.126. The summed E-state index contributed by atoms with van der Waals surface area (Å²) in [6.07, 6.45) is 24.3. The zero-order valence-electron chi connectivity index (χ0n) is 23.0. The van der Waals surface area contributed by atoms with Gasteiger partial charge in [-0.15, -0.1) is 0 Å². The van der Waals surface area contributed by atoms with Crippen LogP contribution in [0, 0.1) is 11.8 Å². The summed E-state index contributed by atoms with van der Waals surface area (Å²) in [4.78, 5) is 0. The van der Waals surface area contributed by atoms with E-state index in [1.807, 2.05) is 0 Å². The molecule has 0 aliphatic heterocycles. The Kier molecular flexibility index (Phi) is 31.7. The van der Waals surface area contributed by atoms with Crippen LogP contribution in [0.3, 0.4) is 0 Å². The summed E-state index contributed by atoms with van der Waals surface area (Å²) < 4.78 is 5.80. The number of aliphatic hydroxyl groups excluding tert-OH is 3. The average Bonchev–Trinajstić information content (AvgIpc) is 2.79. The van der Waals surface area contributed by atoms with Crippen LogP contribution in [0.5, 0.6) is 0 Å². The molecule has 0 spiro atoms. The fourth-order valence-electron chi connectivity index (χ4n) is 3.79. The average molecular weight is 475 g/mol. The van der Waals surface area contributed by atoms with Gasteiger partial charge in [0.05, 0.1) is 13.2 Å². The van der Waals surface area contributed by atoms with Gasteiger partial charge < -0.3 is 20.1 Å². The maximum Gasteiger partial charge on any atom is 0.100 e. The molecule has 0 aliphatic carbocycles. The molecule has 0 atom stereocenters. The van der Waals surface area contributed by atoms with E-state index in [4.69, 9.17) is 20.1 Å². The van der Waals surface area contributed by atoms with Gasteiger partial charge in [0, 0.05) is 13.2 Å². The van der Waals surface area contributed by atoms with Crippen LogP contribution < -0.4 is 0 Å². The summed E-state index contributed by atoms with van der Waals surface area (Å²) in [5.74, 6) is 1.77. The van der Waals surface area contributed by atoms with Crippen LogP contribution in [-0.4, -0.2) is 47.9 Å². The first-order valence-electron chi connectivity index (χ1n) is 14.4. The Hall–Kier alpha value is -0.160. The number of hydrogen-bond acceptors (Lipinski definition) is 4. The van der Waals surface area contributed by atoms with Gasteiger partial charge in [0.2, 0.25) is 0 Å². The highest BCUT2D eigenvalue weighted by Crippen LogP contribution is 2.14. The molecular formula is C29H62O4. The first-order valence-corrected chi connectivity index (χ1v) is 14.4. The molecule has 0 amide bonds. The number of ether oxygens (including phenoxy) is 1. The standard InChI is InChI=1S/C26H54O.C3H8O3/c1-25(2)21-17-13-9-5-7-11-15-19-23-27-24-20-16-12-8-6-10-14-18-22-26(3)4;4-1-3(6)2-5/h25-26H,5-24H2,1-4H3;3-6H,1-2H2. The smallest absolute Gasteiger partial charge is 0.100 e. The molecule has 0 saturated carbocycles. The summed E-state index contributed by atoms with van der Waals surface area (Å²) >= 11 is 0. The van der Waals surface area contributed by atoms with E-state index in [0.717, 1.165) is 25.0 Å². The van der Waals surface area contributed by atoms with Gasteiger partial charge in [0.25, 0.3) is 0 Å². The van der Waals surface area contributed by atoms with E-state index in [2.05, 4.69) is 27.7 Å². The lowest BCUT2D eigenvalue weighted by atomic mass is 10.0. The van der Waals surface area contributed by atoms with Crippen LogP contribution in [0.2, 0.25) is 0 Å². The molecule has 0 aliphatic rings. The molecular weight excluding hydrogens is 412 g/mol. The van der Waals surface area contributed by atoms with Crippen LogP contribution in [0.15, 0.2) is 0 Å². The van der Waals surface area contributed by atoms with Crippen molar-refractivity contribution in [3.8, 4) is 0 Å². The van der Waals surface area contributed by atoms with Crippen molar-refractivity contribution in [2.75, 3.05) is 26.4 Å². The Morgan fingerprint density at radius 2 is 0.727 bits per heavy atom. The molecule has 0 radical (unpaired) electrons. The predicted octanol–water partition coefficient (Wildman–Crippen LogP) is 7.67. The van der Waals surface area contributed by atoms with Gasteiger partial charge in [-0.3, -0.25) is 0 Å². The lowest BCUT2D eigenvalue weighted by Crippen LogP contribution is -2.15. The maximum atomic E-state index is 8.17.